The summed E-state index contributed by atoms with van der Waals surface area (Å²) >= 11 is 5.97. The van der Waals surface area contributed by atoms with Gasteiger partial charge in [-0.1, -0.05) is 48.9 Å². The van der Waals surface area contributed by atoms with Gasteiger partial charge in [0.05, 0.1) is 11.2 Å². The average molecular weight is 356 g/mol. The number of aromatic amines is 1. The minimum atomic E-state index is -0.356. The summed E-state index contributed by atoms with van der Waals surface area (Å²) in [5.41, 5.74) is 5.71. The van der Waals surface area contributed by atoms with Gasteiger partial charge in [-0.25, -0.2) is 5.43 Å². The first kappa shape index (κ1) is 17.0. The Morgan fingerprint density at radius 3 is 2.92 bits per heavy atom. The zero-order valence-corrected chi connectivity index (χ0v) is 14.5. The lowest BCUT2D eigenvalue weighted by Crippen LogP contribution is -2.24. The van der Waals surface area contributed by atoms with Crippen molar-refractivity contribution in [3.63, 3.8) is 0 Å². The largest absolute Gasteiger partial charge is 0.482 e. The third-order valence-corrected chi connectivity index (χ3v) is 4.12. The van der Waals surface area contributed by atoms with Crippen molar-refractivity contribution < 1.29 is 9.53 Å². The Labute approximate surface area is 150 Å². The Morgan fingerprint density at radius 2 is 2.12 bits per heavy atom. The van der Waals surface area contributed by atoms with Gasteiger partial charge in [0.2, 0.25) is 0 Å². The Hall–Kier alpha value is -2.79. The lowest BCUT2D eigenvalue weighted by molar-refractivity contribution is -0.123. The molecule has 1 amide bonds. The van der Waals surface area contributed by atoms with Crippen LogP contribution in [-0.4, -0.2) is 23.7 Å². The van der Waals surface area contributed by atoms with Gasteiger partial charge in [-0.15, -0.1) is 0 Å². The minimum absolute atomic E-state index is 0.158. The zero-order chi connectivity index (χ0) is 17.6. The molecule has 0 unspecified atom stereocenters. The molecule has 5 nitrogen and oxygen atoms in total. The highest BCUT2D eigenvalue weighted by Crippen LogP contribution is 2.23. The van der Waals surface area contributed by atoms with Crippen molar-refractivity contribution in [3.05, 3.63) is 64.8 Å². The van der Waals surface area contributed by atoms with Crippen LogP contribution < -0.4 is 10.2 Å². The molecule has 3 rings (SSSR count). The molecule has 0 aliphatic heterocycles. The summed E-state index contributed by atoms with van der Waals surface area (Å²) in [5.74, 6) is 0.109. The van der Waals surface area contributed by atoms with Crippen LogP contribution in [0.25, 0.3) is 10.9 Å². The number of carbonyl (C=O) groups is 1. The second kappa shape index (κ2) is 7.85. The van der Waals surface area contributed by atoms with E-state index in [2.05, 4.69) is 28.5 Å². The molecule has 2 aromatic carbocycles. The van der Waals surface area contributed by atoms with E-state index in [9.17, 15) is 4.79 Å². The van der Waals surface area contributed by atoms with Gasteiger partial charge in [0, 0.05) is 22.7 Å². The van der Waals surface area contributed by atoms with E-state index in [1.165, 1.54) is 5.56 Å². The number of H-pyrrole nitrogens is 1. The van der Waals surface area contributed by atoms with Crippen molar-refractivity contribution in [2.45, 2.75) is 13.3 Å². The van der Waals surface area contributed by atoms with Crippen molar-refractivity contribution in [2.75, 3.05) is 6.61 Å². The van der Waals surface area contributed by atoms with E-state index in [0.717, 1.165) is 22.9 Å². The van der Waals surface area contributed by atoms with Crippen LogP contribution in [0.15, 0.2) is 53.8 Å². The van der Waals surface area contributed by atoms with Gasteiger partial charge in [-0.3, -0.25) is 4.79 Å². The normalized spacial score (nSPS) is 11.1. The lowest BCUT2D eigenvalue weighted by Gasteiger charge is -2.06. The number of hydrazone groups is 1. The molecule has 0 spiro atoms. The van der Waals surface area contributed by atoms with Gasteiger partial charge in [0.1, 0.15) is 5.75 Å². The first-order valence-electron chi connectivity index (χ1n) is 7.97. The number of ether oxygens (including phenoxy) is 1. The Bertz CT molecular complexity index is 918. The van der Waals surface area contributed by atoms with E-state index < -0.39 is 0 Å². The van der Waals surface area contributed by atoms with Gasteiger partial charge in [-0.05, 0) is 24.1 Å². The Morgan fingerprint density at radius 1 is 1.28 bits per heavy atom. The van der Waals surface area contributed by atoms with E-state index in [-0.39, 0.29) is 12.5 Å². The van der Waals surface area contributed by atoms with E-state index in [1.54, 1.807) is 30.5 Å². The van der Waals surface area contributed by atoms with Crippen molar-refractivity contribution >= 4 is 34.6 Å². The van der Waals surface area contributed by atoms with Crippen LogP contribution in [0, 0.1) is 0 Å². The third kappa shape index (κ3) is 4.00. The molecule has 3 aromatic rings. The van der Waals surface area contributed by atoms with Crippen molar-refractivity contribution in [2.24, 2.45) is 5.10 Å². The second-order valence-corrected chi connectivity index (χ2v) is 5.86. The van der Waals surface area contributed by atoms with Crippen molar-refractivity contribution in [1.82, 2.24) is 10.4 Å². The number of hydrogen-bond donors (Lipinski definition) is 2. The average Bonchev–Trinajstić information content (AvgIpc) is 3.04. The molecule has 1 aromatic heterocycles. The van der Waals surface area contributed by atoms with Gasteiger partial charge in [-0.2, -0.15) is 5.10 Å². The van der Waals surface area contributed by atoms with Gasteiger partial charge in [0.15, 0.2) is 6.61 Å². The summed E-state index contributed by atoms with van der Waals surface area (Å²) < 4.78 is 5.36. The summed E-state index contributed by atoms with van der Waals surface area (Å²) in [6.07, 6.45) is 4.44. The summed E-state index contributed by atoms with van der Waals surface area (Å²) in [6, 6.07) is 13.1. The number of rotatable bonds is 6. The van der Waals surface area contributed by atoms with E-state index in [4.69, 9.17) is 16.3 Å². The van der Waals surface area contributed by atoms with Crippen LogP contribution in [0.5, 0.6) is 5.75 Å². The van der Waals surface area contributed by atoms with Gasteiger partial charge in [0.25, 0.3) is 5.91 Å². The molecule has 0 aliphatic rings. The monoisotopic (exact) mass is 355 g/mol. The third-order valence-electron chi connectivity index (χ3n) is 3.80. The number of amides is 1. The smallest absolute Gasteiger partial charge is 0.277 e. The highest BCUT2D eigenvalue weighted by Gasteiger charge is 2.06. The summed E-state index contributed by atoms with van der Waals surface area (Å²) in [6.45, 7) is 1.96. The van der Waals surface area contributed by atoms with E-state index in [0.29, 0.717) is 10.8 Å². The molecule has 0 atom stereocenters. The Balaban J connectivity index is 1.60. The summed E-state index contributed by atoms with van der Waals surface area (Å²) in [4.78, 5) is 15.1. The van der Waals surface area contributed by atoms with Crippen LogP contribution in [-0.2, 0) is 11.2 Å². The molecular formula is C19H18ClN3O2. The maximum absolute atomic E-state index is 11.8. The summed E-state index contributed by atoms with van der Waals surface area (Å²) in [5, 5.41) is 5.53. The second-order valence-electron chi connectivity index (χ2n) is 5.45. The van der Waals surface area contributed by atoms with Crippen LogP contribution in [0.1, 0.15) is 18.1 Å². The SMILES string of the molecule is CCc1cccc2c(/C=N/NC(=O)COc3ccccc3Cl)c[nH]c12. The topological polar surface area (TPSA) is 66.5 Å². The number of benzene rings is 2. The maximum atomic E-state index is 11.8. The van der Waals surface area contributed by atoms with Crippen molar-refractivity contribution in [3.8, 4) is 5.75 Å². The van der Waals surface area contributed by atoms with Crippen LogP contribution in [0.3, 0.4) is 0 Å². The molecule has 1 heterocycles. The predicted molar refractivity (Wildman–Crippen MR) is 100 cm³/mol. The fourth-order valence-corrected chi connectivity index (χ4v) is 2.74. The molecule has 0 saturated heterocycles. The molecule has 128 valence electrons. The highest BCUT2D eigenvalue weighted by atomic mass is 35.5. The van der Waals surface area contributed by atoms with Gasteiger partial charge < -0.3 is 9.72 Å². The maximum Gasteiger partial charge on any atom is 0.277 e. The standard InChI is InChI=1S/C19H18ClN3O2/c1-2-13-6-5-7-15-14(10-21-19(13)15)11-22-23-18(24)12-25-17-9-4-3-8-16(17)20/h3-11,21H,2,12H2,1H3,(H,23,24)/b22-11+. The van der Waals surface area contributed by atoms with Crippen LogP contribution in [0.2, 0.25) is 5.02 Å². The molecule has 0 radical (unpaired) electrons. The molecule has 0 saturated carbocycles. The molecule has 6 heteroatoms. The molecular weight excluding hydrogens is 338 g/mol. The lowest BCUT2D eigenvalue weighted by atomic mass is 10.1. The van der Waals surface area contributed by atoms with E-state index in [1.807, 2.05) is 18.3 Å². The zero-order valence-electron chi connectivity index (χ0n) is 13.8. The van der Waals surface area contributed by atoms with E-state index >= 15 is 0 Å². The number of carbonyl (C=O) groups excluding carboxylic acids is 1. The number of para-hydroxylation sites is 2. The van der Waals surface area contributed by atoms with Crippen molar-refractivity contribution in [1.29, 1.82) is 0 Å². The number of nitrogens with one attached hydrogen (secondary N) is 2. The van der Waals surface area contributed by atoms with Crippen LogP contribution >= 0.6 is 11.6 Å². The molecule has 0 aliphatic carbocycles. The first-order chi connectivity index (χ1) is 12.2. The fraction of sp³-hybridized carbons (Fsp3) is 0.158. The fourth-order valence-electron chi connectivity index (χ4n) is 2.55. The molecule has 0 fully saturated rings. The molecule has 2 N–H and O–H groups in total. The quantitative estimate of drug-likeness (QED) is 0.520. The first-order valence-corrected chi connectivity index (χ1v) is 8.35. The minimum Gasteiger partial charge on any atom is -0.482 e. The number of aromatic nitrogens is 1. The highest BCUT2D eigenvalue weighted by molar-refractivity contribution is 6.32. The molecule has 0 bridgehead atoms. The van der Waals surface area contributed by atoms with Crippen LogP contribution in [0.4, 0.5) is 0 Å². The molecule has 25 heavy (non-hydrogen) atoms. The Kier molecular flexibility index (Phi) is 5.36. The number of fused-ring (bicyclic) bond motifs is 1. The number of nitrogens with zero attached hydrogens (tertiary/aromatic N) is 1. The summed E-state index contributed by atoms with van der Waals surface area (Å²) in [7, 11) is 0. The van der Waals surface area contributed by atoms with Gasteiger partial charge >= 0.3 is 0 Å². The number of hydrogen-bond acceptors (Lipinski definition) is 3. The number of halogens is 1. The predicted octanol–water partition coefficient (Wildman–Crippen LogP) is 3.91. The number of aryl methyl sites for hydroxylation is 1.